The van der Waals surface area contributed by atoms with Gasteiger partial charge in [0.05, 0.1) is 0 Å². The summed E-state index contributed by atoms with van der Waals surface area (Å²) in [5.41, 5.74) is -1.41. The van der Waals surface area contributed by atoms with Crippen LogP contribution in [0.25, 0.3) is 0 Å². The third-order valence-electron chi connectivity index (χ3n) is 2.01. The highest BCUT2D eigenvalue weighted by Gasteiger charge is 2.20. The second kappa shape index (κ2) is 3.71. The number of benzene rings is 1. The van der Waals surface area contributed by atoms with Crippen LogP contribution in [0.5, 0.6) is 0 Å². The largest absolute Gasteiger partial charge is 0.207 e. The van der Waals surface area contributed by atoms with E-state index in [1.54, 1.807) is 13.8 Å². The summed E-state index contributed by atoms with van der Waals surface area (Å²) in [7, 11) is 10.3. The first-order valence-electron chi connectivity index (χ1n) is 4.09. The lowest BCUT2D eigenvalue weighted by Gasteiger charge is -2.15. The number of hydrogen-bond acceptors (Lipinski definition) is 0. The number of hydrogen-bond donors (Lipinski definition) is 0. The molecule has 4 radical (unpaired) electrons. The Kier molecular flexibility index (Phi) is 2.98. The van der Waals surface area contributed by atoms with E-state index >= 15 is 0 Å². The topological polar surface area (TPSA) is 0 Å². The van der Waals surface area contributed by atoms with Crippen LogP contribution in [0, 0.1) is 17.5 Å². The van der Waals surface area contributed by atoms with E-state index in [1.165, 1.54) is 0 Å². The highest BCUT2D eigenvalue weighted by Crippen LogP contribution is 2.16. The molecule has 0 aliphatic rings. The monoisotopic (exact) mass is 194 g/mol. The molecule has 0 N–H and O–H groups in total. The third kappa shape index (κ3) is 1.55. The average molecular weight is 194 g/mol. The Balaban J connectivity index is 3.60. The summed E-state index contributed by atoms with van der Waals surface area (Å²) in [6.07, 6.45) is 0. The molecule has 0 aliphatic carbocycles. The summed E-state index contributed by atoms with van der Waals surface area (Å²) < 4.78 is 39.3. The van der Waals surface area contributed by atoms with Gasteiger partial charge in [0.2, 0.25) is 0 Å². The lowest BCUT2D eigenvalue weighted by atomic mass is 9.79. The van der Waals surface area contributed by atoms with Crippen LogP contribution in [-0.4, -0.2) is 15.7 Å². The summed E-state index contributed by atoms with van der Waals surface area (Å²) >= 11 is 0. The first-order valence-corrected chi connectivity index (χ1v) is 4.09. The fourth-order valence-electron chi connectivity index (χ4n) is 1.28. The molecule has 0 fully saturated rings. The summed E-state index contributed by atoms with van der Waals surface area (Å²) in [5.74, 6) is -4.04. The van der Waals surface area contributed by atoms with Crippen molar-refractivity contribution in [3.63, 3.8) is 0 Å². The van der Waals surface area contributed by atoms with E-state index in [2.05, 4.69) is 0 Å². The fraction of sp³-hybridized carbons (Fsp3) is 0.333. The van der Waals surface area contributed by atoms with E-state index in [4.69, 9.17) is 15.7 Å². The second-order valence-corrected chi connectivity index (χ2v) is 3.34. The maximum absolute atomic E-state index is 13.3. The molecule has 1 aromatic rings. The zero-order chi connectivity index (χ0) is 11.0. The SMILES string of the molecule is [B]c1c(F)c(F)c([B])c(C(C)C)c1F. The van der Waals surface area contributed by atoms with E-state index in [0.717, 1.165) is 0 Å². The predicted molar refractivity (Wildman–Crippen MR) is 51.2 cm³/mol. The molecular formula is C9H7B2F3. The van der Waals surface area contributed by atoms with Gasteiger partial charge in [-0.25, -0.2) is 13.2 Å². The van der Waals surface area contributed by atoms with E-state index in [9.17, 15) is 13.2 Å². The van der Waals surface area contributed by atoms with Crippen molar-refractivity contribution in [3.05, 3.63) is 23.0 Å². The Hall–Kier alpha value is -0.860. The van der Waals surface area contributed by atoms with Crippen molar-refractivity contribution >= 4 is 26.6 Å². The molecule has 0 atom stereocenters. The minimum atomic E-state index is -1.43. The summed E-state index contributed by atoms with van der Waals surface area (Å²) in [6, 6.07) is 0. The van der Waals surface area contributed by atoms with E-state index in [1.807, 2.05) is 0 Å². The van der Waals surface area contributed by atoms with Gasteiger partial charge in [-0.3, -0.25) is 0 Å². The van der Waals surface area contributed by atoms with E-state index < -0.39 is 28.4 Å². The molecule has 0 aromatic heterocycles. The molecule has 0 bridgehead atoms. The zero-order valence-electron chi connectivity index (χ0n) is 7.87. The molecule has 0 aliphatic heterocycles. The van der Waals surface area contributed by atoms with Crippen molar-refractivity contribution < 1.29 is 13.2 Å². The maximum atomic E-state index is 13.3. The van der Waals surface area contributed by atoms with Crippen LogP contribution >= 0.6 is 0 Å². The maximum Gasteiger partial charge on any atom is 0.154 e. The highest BCUT2D eigenvalue weighted by molar-refractivity contribution is 6.36. The van der Waals surface area contributed by atoms with Gasteiger partial charge in [-0.2, -0.15) is 0 Å². The highest BCUT2D eigenvalue weighted by atomic mass is 19.2. The minimum Gasteiger partial charge on any atom is -0.207 e. The van der Waals surface area contributed by atoms with Gasteiger partial charge in [-0.05, 0) is 16.9 Å². The average Bonchev–Trinajstić information content (AvgIpc) is 2.11. The molecule has 70 valence electrons. The minimum absolute atomic E-state index is 0.0820. The molecule has 0 unspecified atom stereocenters. The Labute approximate surface area is 83.3 Å². The molecular weight excluding hydrogens is 187 g/mol. The van der Waals surface area contributed by atoms with Crippen LogP contribution in [0.1, 0.15) is 25.3 Å². The van der Waals surface area contributed by atoms with Crippen molar-refractivity contribution in [1.29, 1.82) is 0 Å². The summed E-state index contributed by atoms with van der Waals surface area (Å²) in [5, 5.41) is 0. The first-order chi connectivity index (χ1) is 6.37. The first kappa shape index (κ1) is 11.2. The van der Waals surface area contributed by atoms with Gasteiger partial charge in [0, 0.05) is 0 Å². The number of rotatable bonds is 1. The van der Waals surface area contributed by atoms with Crippen molar-refractivity contribution in [2.45, 2.75) is 19.8 Å². The Morgan fingerprint density at radius 1 is 0.857 bits per heavy atom. The molecule has 5 heteroatoms. The van der Waals surface area contributed by atoms with Crippen molar-refractivity contribution in [3.8, 4) is 0 Å². The lowest BCUT2D eigenvalue weighted by Crippen LogP contribution is -2.30. The van der Waals surface area contributed by atoms with Gasteiger partial charge >= 0.3 is 0 Å². The standard InChI is InChI=1S/C9H7B2F3/c1-3(2)4-5(10)8(13)9(14)6(11)7(4)12/h3H,1-2H3. The van der Waals surface area contributed by atoms with Gasteiger partial charge in [-0.1, -0.05) is 19.3 Å². The second-order valence-electron chi connectivity index (χ2n) is 3.34. The van der Waals surface area contributed by atoms with Gasteiger partial charge in [0.25, 0.3) is 0 Å². The zero-order valence-corrected chi connectivity index (χ0v) is 7.87. The molecule has 0 saturated carbocycles. The molecule has 0 saturated heterocycles. The van der Waals surface area contributed by atoms with Crippen LogP contribution < -0.4 is 10.9 Å². The quantitative estimate of drug-likeness (QED) is 0.458. The fourth-order valence-corrected chi connectivity index (χ4v) is 1.28. The van der Waals surface area contributed by atoms with Crippen LogP contribution in [-0.2, 0) is 0 Å². The van der Waals surface area contributed by atoms with Crippen LogP contribution in [0.2, 0.25) is 0 Å². The molecule has 0 amide bonds. The van der Waals surface area contributed by atoms with Crippen molar-refractivity contribution in [2.75, 3.05) is 0 Å². The summed E-state index contributed by atoms with van der Waals surface area (Å²) in [6.45, 7) is 3.23. The molecule has 0 heterocycles. The third-order valence-corrected chi connectivity index (χ3v) is 2.01. The smallest absolute Gasteiger partial charge is 0.154 e. The molecule has 1 rings (SSSR count). The van der Waals surface area contributed by atoms with Crippen LogP contribution in [0.4, 0.5) is 13.2 Å². The summed E-state index contributed by atoms with van der Waals surface area (Å²) in [4.78, 5) is 0. The molecule has 0 spiro atoms. The van der Waals surface area contributed by atoms with Gasteiger partial charge in [0.1, 0.15) is 21.5 Å². The van der Waals surface area contributed by atoms with Crippen molar-refractivity contribution in [1.82, 2.24) is 0 Å². The lowest BCUT2D eigenvalue weighted by molar-refractivity contribution is 0.503. The van der Waals surface area contributed by atoms with Crippen LogP contribution in [0.3, 0.4) is 0 Å². The molecule has 0 nitrogen and oxygen atoms in total. The normalized spacial score (nSPS) is 11.0. The van der Waals surface area contributed by atoms with Gasteiger partial charge < -0.3 is 0 Å². The van der Waals surface area contributed by atoms with Gasteiger partial charge in [-0.15, -0.1) is 0 Å². The number of halogens is 3. The Morgan fingerprint density at radius 3 is 1.71 bits per heavy atom. The predicted octanol–water partition coefficient (Wildman–Crippen LogP) is 0.815. The van der Waals surface area contributed by atoms with E-state index in [-0.39, 0.29) is 11.5 Å². The molecule has 1 aromatic carbocycles. The van der Waals surface area contributed by atoms with E-state index in [0.29, 0.717) is 0 Å². The molecule has 14 heavy (non-hydrogen) atoms. The van der Waals surface area contributed by atoms with Crippen molar-refractivity contribution in [2.24, 2.45) is 0 Å². The van der Waals surface area contributed by atoms with Crippen LogP contribution in [0.15, 0.2) is 0 Å². The Bertz CT molecular complexity index is 346. The van der Waals surface area contributed by atoms with Gasteiger partial charge in [0.15, 0.2) is 11.6 Å². The Morgan fingerprint density at radius 2 is 1.29 bits per heavy atom.